The van der Waals surface area contributed by atoms with Crippen LogP contribution in [-0.2, 0) is 0 Å². The minimum atomic E-state index is 0.358. The van der Waals surface area contributed by atoms with Crippen LogP contribution in [0.4, 0.5) is 0 Å². The molecule has 0 spiro atoms. The molecule has 0 aliphatic carbocycles. The van der Waals surface area contributed by atoms with Crippen LogP contribution in [0.15, 0.2) is 0 Å². The van der Waals surface area contributed by atoms with Gasteiger partial charge >= 0.3 is 0 Å². The summed E-state index contributed by atoms with van der Waals surface area (Å²) in [7, 11) is 1.86. The molecule has 6 heteroatoms. The van der Waals surface area contributed by atoms with Gasteiger partial charge in [0.25, 0.3) is 0 Å². The van der Waals surface area contributed by atoms with Crippen molar-refractivity contribution < 1.29 is 0 Å². The molecule has 0 radical (unpaired) electrons. The lowest BCUT2D eigenvalue weighted by molar-refractivity contribution is 1.49. The van der Waals surface area contributed by atoms with Crippen molar-refractivity contribution in [3.63, 3.8) is 0 Å². The lowest BCUT2D eigenvalue weighted by atomic mass is 11.0. The van der Waals surface area contributed by atoms with E-state index in [0.717, 1.165) is 0 Å². The molecule has 0 aromatic rings. The SMILES string of the molecule is ISC(I)(I)C(I)I. The van der Waals surface area contributed by atoms with Crippen molar-refractivity contribution in [2.24, 2.45) is 0 Å². The highest BCUT2D eigenvalue weighted by molar-refractivity contribution is 14.2. The van der Waals surface area contributed by atoms with E-state index in [9.17, 15) is 0 Å². The van der Waals surface area contributed by atoms with Gasteiger partial charge in [0.05, 0.1) is 1.93 Å². The quantitative estimate of drug-likeness (QED) is 0.297. The van der Waals surface area contributed by atoms with Crippen LogP contribution in [0.3, 0.4) is 0 Å². The highest BCUT2D eigenvalue weighted by Crippen LogP contribution is 2.51. The Bertz CT molecular complexity index is 70.8. The Morgan fingerprint density at radius 2 is 1.62 bits per heavy atom. The van der Waals surface area contributed by atoms with Crippen LogP contribution in [0.25, 0.3) is 0 Å². The number of hydrogen-bond acceptors (Lipinski definition) is 1. The monoisotopic (exact) mass is 692 g/mol. The zero-order chi connectivity index (χ0) is 6.78. The van der Waals surface area contributed by atoms with E-state index in [1.54, 1.807) is 0 Å². The fraction of sp³-hybridized carbons (Fsp3) is 1.00. The number of hydrogen-bond donors (Lipinski definition) is 0. The first-order valence-electron chi connectivity index (χ1n) is 1.46. The van der Waals surface area contributed by atoms with Gasteiger partial charge in [0.15, 0.2) is 0 Å². The Morgan fingerprint density at radius 3 is 1.62 bits per heavy atom. The lowest BCUT2D eigenvalue weighted by Gasteiger charge is -2.17. The Balaban J connectivity index is 3.71. The topological polar surface area (TPSA) is 0 Å². The molecule has 8 heavy (non-hydrogen) atoms. The predicted molar refractivity (Wildman–Crippen MR) is 84.2 cm³/mol. The summed E-state index contributed by atoms with van der Waals surface area (Å²) in [6.07, 6.45) is 0. The number of halogens is 5. The van der Waals surface area contributed by atoms with Crippen molar-refractivity contribution in [3.05, 3.63) is 0 Å². The first-order valence-corrected chi connectivity index (χ1v) is 9.47. The maximum atomic E-state index is 2.46. The van der Waals surface area contributed by atoms with Crippen LogP contribution in [0, 0.1) is 0 Å². The van der Waals surface area contributed by atoms with Crippen LogP contribution >= 0.6 is 121 Å². The number of rotatable bonds is 2. The normalized spacial score (nSPS) is 12.8. The van der Waals surface area contributed by atoms with Crippen molar-refractivity contribution in [2.75, 3.05) is 0 Å². The molecule has 0 saturated carbocycles. The summed E-state index contributed by atoms with van der Waals surface area (Å²) in [4.78, 5) is 0. The van der Waals surface area contributed by atoms with Gasteiger partial charge in [-0.3, -0.25) is 0 Å². The summed E-state index contributed by atoms with van der Waals surface area (Å²) >= 11 is 12.1. The van der Waals surface area contributed by atoms with E-state index >= 15 is 0 Å². The molecule has 0 fully saturated rings. The minimum absolute atomic E-state index is 0.358. The van der Waals surface area contributed by atoms with Gasteiger partial charge in [0.2, 0.25) is 0 Å². The van der Waals surface area contributed by atoms with E-state index in [1.165, 1.54) is 0 Å². The van der Waals surface area contributed by atoms with Crippen LogP contribution in [0.2, 0.25) is 0 Å². The van der Waals surface area contributed by atoms with Crippen LogP contribution in [-0.4, -0.2) is 2.69 Å². The molecule has 0 unspecified atom stereocenters. The average molecular weight is 692 g/mol. The second kappa shape index (κ2) is 5.61. The van der Waals surface area contributed by atoms with Gasteiger partial charge in [0.1, 0.15) is 0.760 Å². The Morgan fingerprint density at radius 1 is 1.25 bits per heavy atom. The van der Waals surface area contributed by atoms with E-state index in [0.29, 0.717) is 2.69 Å². The maximum absolute atomic E-state index is 2.46. The van der Waals surface area contributed by atoms with E-state index in [1.807, 2.05) is 8.93 Å². The van der Waals surface area contributed by atoms with Crippen molar-refractivity contribution in [3.8, 4) is 0 Å². The third-order valence-electron chi connectivity index (χ3n) is 0.357. The molecular weight excluding hydrogens is 691 g/mol. The molecule has 0 amide bonds. The third-order valence-corrected chi connectivity index (χ3v) is 18.0. The van der Waals surface area contributed by atoms with Crippen LogP contribution in [0.5, 0.6) is 0 Å². The zero-order valence-electron chi connectivity index (χ0n) is 3.38. The van der Waals surface area contributed by atoms with Gasteiger partial charge in [-0.1, -0.05) is 99.3 Å². The zero-order valence-corrected chi connectivity index (χ0v) is 15.0. The first-order chi connectivity index (χ1) is 3.50. The molecule has 0 N–H and O–H groups in total. The van der Waals surface area contributed by atoms with Gasteiger partial charge in [0, 0.05) is 0 Å². The van der Waals surface area contributed by atoms with Crippen molar-refractivity contribution >= 4 is 121 Å². The molecule has 50 valence electrons. The second-order valence-corrected chi connectivity index (χ2v) is 14.9. The summed E-state index contributed by atoms with van der Waals surface area (Å²) in [5, 5.41) is 0. The highest BCUT2D eigenvalue weighted by Gasteiger charge is 2.28. The fourth-order valence-corrected chi connectivity index (χ4v) is 4.55. The molecule has 0 aromatic carbocycles. The van der Waals surface area contributed by atoms with E-state index in [-0.39, 0.29) is 0 Å². The predicted octanol–water partition coefficient (Wildman–Crippen LogP) is 4.79. The summed E-state index contributed by atoms with van der Waals surface area (Å²) < 4.78 is 1.04. The van der Waals surface area contributed by atoms with Gasteiger partial charge in [-0.05, 0) is 21.2 Å². The minimum Gasteiger partial charge on any atom is -0.0676 e. The van der Waals surface area contributed by atoms with Crippen LogP contribution < -0.4 is 0 Å². The van der Waals surface area contributed by atoms with E-state index in [4.69, 9.17) is 0 Å². The smallest absolute Gasteiger partial charge is 0.0676 e. The van der Waals surface area contributed by atoms with Crippen molar-refractivity contribution in [1.29, 1.82) is 0 Å². The van der Waals surface area contributed by atoms with Crippen molar-refractivity contribution in [1.82, 2.24) is 0 Å². The van der Waals surface area contributed by atoms with Gasteiger partial charge in [-0.15, -0.1) is 0 Å². The standard InChI is InChI=1S/C2HI5S/c3-1(4)2(5,6)8-7/h1H. The van der Waals surface area contributed by atoms with Gasteiger partial charge in [-0.25, -0.2) is 0 Å². The number of alkyl halides is 4. The van der Waals surface area contributed by atoms with Gasteiger partial charge in [-0.2, -0.15) is 0 Å². The Kier molecular flexibility index (Phi) is 8.42. The molecule has 0 bridgehead atoms. The highest BCUT2D eigenvalue weighted by atomic mass is 127. The van der Waals surface area contributed by atoms with Crippen molar-refractivity contribution in [2.45, 2.75) is 2.69 Å². The molecule has 0 atom stereocenters. The molecule has 0 nitrogen and oxygen atoms in total. The molecule has 0 aliphatic heterocycles. The maximum Gasteiger partial charge on any atom is 0.148 e. The molecule has 0 saturated heterocycles. The average Bonchev–Trinajstić information content (AvgIpc) is 1.67. The first kappa shape index (κ1) is 12.0. The Hall–Kier alpha value is 4.00. The molecule has 0 aromatic heterocycles. The van der Waals surface area contributed by atoms with Gasteiger partial charge < -0.3 is 0 Å². The second-order valence-electron chi connectivity index (χ2n) is 0.940. The molecule has 0 aliphatic rings. The third kappa shape index (κ3) is 4.79. The summed E-state index contributed by atoms with van der Waals surface area (Å²) in [5.74, 6) is 0. The molecule has 0 rings (SSSR count). The Labute approximate surface area is 120 Å². The summed E-state index contributed by atoms with van der Waals surface area (Å²) in [6.45, 7) is 0. The summed E-state index contributed by atoms with van der Waals surface area (Å²) in [6, 6.07) is 0. The largest absolute Gasteiger partial charge is 0.148 e. The summed E-state index contributed by atoms with van der Waals surface area (Å²) in [5.41, 5.74) is 0. The van der Waals surface area contributed by atoms with E-state index in [2.05, 4.69) is 112 Å². The van der Waals surface area contributed by atoms with Crippen LogP contribution in [0.1, 0.15) is 0 Å². The lowest BCUT2D eigenvalue weighted by Crippen LogP contribution is -2.10. The molecular formula is C2HI5S. The fourth-order valence-electron chi connectivity index (χ4n) is 0.0337. The molecule has 0 heterocycles. The van der Waals surface area contributed by atoms with E-state index < -0.39 is 0 Å².